The van der Waals surface area contributed by atoms with Crippen LogP contribution < -0.4 is 15.4 Å². The number of amides is 2. The predicted molar refractivity (Wildman–Crippen MR) is 94.1 cm³/mol. The van der Waals surface area contributed by atoms with Crippen LogP contribution in [0.25, 0.3) is 0 Å². The second-order valence-electron chi connectivity index (χ2n) is 4.87. The number of hydrogen-bond acceptors (Lipinski definition) is 3. The molecule has 0 unspecified atom stereocenters. The topological polar surface area (TPSA) is 67.4 Å². The van der Waals surface area contributed by atoms with Crippen LogP contribution in [0.5, 0.6) is 5.75 Å². The molecule has 0 spiro atoms. The lowest BCUT2D eigenvalue weighted by molar-refractivity contribution is 0.0943. The van der Waals surface area contributed by atoms with Crippen LogP contribution in [-0.4, -0.2) is 32.0 Å². The fraction of sp³-hybridized carbons (Fsp3) is 0.176. The van der Waals surface area contributed by atoms with Crippen molar-refractivity contribution in [2.24, 2.45) is 0 Å². The maximum atomic E-state index is 12.0. The number of ether oxygens (including phenoxy) is 1. The summed E-state index contributed by atoms with van der Waals surface area (Å²) in [6, 6.07) is 11.4. The highest BCUT2D eigenvalue weighted by Crippen LogP contribution is 2.19. The summed E-state index contributed by atoms with van der Waals surface area (Å²) >= 11 is 11.7. The van der Waals surface area contributed by atoms with Crippen molar-refractivity contribution in [2.45, 2.75) is 0 Å². The zero-order valence-electron chi connectivity index (χ0n) is 12.9. The molecule has 0 saturated carbocycles. The summed E-state index contributed by atoms with van der Waals surface area (Å²) < 4.78 is 5.51. The summed E-state index contributed by atoms with van der Waals surface area (Å²) in [6.45, 7) is 0.611. The van der Waals surface area contributed by atoms with Crippen LogP contribution in [0.3, 0.4) is 0 Å². The molecular formula is C17H16Cl2N2O3. The second-order valence-corrected chi connectivity index (χ2v) is 5.74. The van der Waals surface area contributed by atoms with Gasteiger partial charge in [0.1, 0.15) is 12.4 Å². The largest absolute Gasteiger partial charge is 0.492 e. The average Bonchev–Trinajstić information content (AvgIpc) is 2.57. The molecule has 2 amide bonds. The lowest BCUT2D eigenvalue weighted by atomic mass is 10.2. The molecule has 0 saturated heterocycles. The molecule has 2 aromatic rings. The molecule has 2 N–H and O–H groups in total. The average molecular weight is 367 g/mol. The first-order chi connectivity index (χ1) is 11.5. The van der Waals surface area contributed by atoms with E-state index in [4.69, 9.17) is 27.9 Å². The number of carbonyl (C=O) groups is 2. The molecule has 0 aromatic heterocycles. The van der Waals surface area contributed by atoms with Gasteiger partial charge >= 0.3 is 0 Å². The summed E-state index contributed by atoms with van der Waals surface area (Å²) in [5.74, 6) is 0.176. The van der Waals surface area contributed by atoms with Crippen LogP contribution in [0.15, 0.2) is 42.5 Å². The van der Waals surface area contributed by atoms with Gasteiger partial charge in [-0.3, -0.25) is 9.59 Å². The van der Waals surface area contributed by atoms with E-state index in [1.807, 2.05) is 0 Å². The van der Waals surface area contributed by atoms with E-state index >= 15 is 0 Å². The normalized spacial score (nSPS) is 10.1. The minimum Gasteiger partial charge on any atom is -0.492 e. The Morgan fingerprint density at radius 1 is 0.958 bits per heavy atom. The van der Waals surface area contributed by atoms with Crippen LogP contribution in [0, 0.1) is 0 Å². The summed E-state index contributed by atoms with van der Waals surface area (Å²) in [5, 5.41) is 6.07. The third-order valence-corrected chi connectivity index (χ3v) is 3.56. The molecule has 0 heterocycles. The van der Waals surface area contributed by atoms with Crippen LogP contribution in [0.2, 0.25) is 10.0 Å². The summed E-state index contributed by atoms with van der Waals surface area (Å²) in [5.41, 5.74) is 0.943. The third-order valence-electron chi connectivity index (χ3n) is 3.12. The van der Waals surface area contributed by atoms with Crippen LogP contribution >= 0.6 is 23.2 Å². The van der Waals surface area contributed by atoms with E-state index in [0.29, 0.717) is 40.1 Å². The smallest absolute Gasteiger partial charge is 0.251 e. The molecule has 7 heteroatoms. The highest BCUT2D eigenvalue weighted by atomic mass is 35.5. The summed E-state index contributed by atoms with van der Waals surface area (Å²) in [7, 11) is 1.57. The van der Waals surface area contributed by atoms with Crippen LogP contribution in [0.4, 0.5) is 0 Å². The van der Waals surface area contributed by atoms with E-state index in [9.17, 15) is 9.59 Å². The van der Waals surface area contributed by atoms with Crippen molar-refractivity contribution >= 4 is 35.0 Å². The molecule has 2 aromatic carbocycles. The Hall–Kier alpha value is -2.24. The monoisotopic (exact) mass is 366 g/mol. The Bertz CT molecular complexity index is 713. The maximum absolute atomic E-state index is 12.0. The summed E-state index contributed by atoms with van der Waals surface area (Å²) in [4.78, 5) is 23.4. The van der Waals surface area contributed by atoms with Gasteiger partial charge in [0.25, 0.3) is 11.8 Å². The minimum absolute atomic E-state index is 0.158. The molecule has 0 atom stereocenters. The van der Waals surface area contributed by atoms with Gasteiger partial charge in [-0.15, -0.1) is 0 Å². The van der Waals surface area contributed by atoms with E-state index < -0.39 is 0 Å². The highest BCUT2D eigenvalue weighted by molar-refractivity contribution is 6.35. The number of benzene rings is 2. The van der Waals surface area contributed by atoms with Gasteiger partial charge in [0.05, 0.1) is 6.54 Å². The highest BCUT2D eigenvalue weighted by Gasteiger charge is 2.07. The van der Waals surface area contributed by atoms with Crippen molar-refractivity contribution < 1.29 is 14.3 Å². The van der Waals surface area contributed by atoms with Gasteiger partial charge in [-0.1, -0.05) is 23.2 Å². The Morgan fingerprint density at radius 2 is 1.58 bits per heavy atom. The second kappa shape index (κ2) is 8.57. The summed E-state index contributed by atoms with van der Waals surface area (Å²) in [6.07, 6.45) is 0. The lowest BCUT2D eigenvalue weighted by Crippen LogP contribution is -2.28. The van der Waals surface area contributed by atoms with Gasteiger partial charge in [0, 0.05) is 28.2 Å². The quantitative estimate of drug-likeness (QED) is 0.771. The Kier molecular flexibility index (Phi) is 6.46. The van der Waals surface area contributed by atoms with Gasteiger partial charge in [-0.25, -0.2) is 0 Å². The fourth-order valence-corrected chi connectivity index (χ4v) is 2.49. The number of carbonyl (C=O) groups excluding carboxylic acids is 2. The standard InChI is InChI=1S/C17H16Cl2N2O3/c1-20-16(22)11-2-4-15(5-3-11)24-7-6-21-17(23)12-8-13(18)10-14(19)9-12/h2-5,8-10H,6-7H2,1H3,(H,20,22)(H,21,23). The van der Waals surface area contributed by atoms with Gasteiger partial charge in [0.15, 0.2) is 0 Å². The lowest BCUT2D eigenvalue weighted by Gasteiger charge is -2.09. The molecule has 0 fully saturated rings. The molecule has 2 rings (SSSR count). The van der Waals surface area contributed by atoms with E-state index in [1.165, 1.54) is 0 Å². The van der Waals surface area contributed by atoms with Gasteiger partial charge < -0.3 is 15.4 Å². The third kappa shape index (κ3) is 5.15. The van der Waals surface area contributed by atoms with E-state index in [-0.39, 0.29) is 11.8 Å². The van der Waals surface area contributed by atoms with Crippen molar-refractivity contribution in [3.8, 4) is 5.75 Å². The Balaban J connectivity index is 1.80. The molecule has 0 bridgehead atoms. The van der Waals surface area contributed by atoms with Crippen molar-refractivity contribution in [1.82, 2.24) is 10.6 Å². The zero-order valence-corrected chi connectivity index (χ0v) is 14.4. The van der Waals surface area contributed by atoms with Crippen molar-refractivity contribution in [3.05, 3.63) is 63.6 Å². The van der Waals surface area contributed by atoms with E-state index in [1.54, 1.807) is 49.5 Å². The molecule has 0 aliphatic rings. The van der Waals surface area contributed by atoms with E-state index in [0.717, 1.165) is 0 Å². The molecule has 0 aliphatic heterocycles. The Labute approximate surface area is 149 Å². The van der Waals surface area contributed by atoms with Gasteiger partial charge in [-0.2, -0.15) is 0 Å². The molecule has 5 nitrogen and oxygen atoms in total. The van der Waals surface area contributed by atoms with Gasteiger partial charge in [0.2, 0.25) is 0 Å². The van der Waals surface area contributed by atoms with Gasteiger partial charge in [-0.05, 0) is 42.5 Å². The Morgan fingerprint density at radius 3 is 2.17 bits per heavy atom. The fourth-order valence-electron chi connectivity index (χ4n) is 1.97. The molecule has 126 valence electrons. The van der Waals surface area contributed by atoms with Crippen molar-refractivity contribution in [2.75, 3.05) is 20.2 Å². The maximum Gasteiger partial charge on any atom is 0.251 e. The predicted octanol–water partition coefficient (Wildman–Crippen LogP) is 3.16. The van der Waals surface area contributed by atoms with Crippen LogP contribution in [0.1, 0.15) is 20.7 Å². The minimum atomic E-state index is -0.280. The first-order valence-corrected chi connectivity index (χ1v) is 7.94. The molecule has 0 radical (unpaired) electrons. The first kappa shape index (κ1) is 18.1. The number of rotatable bonds is 6. The van der Waals surface area contributed by atoms with Crippen molar-refractivity contribution in [1.29, 1.82) is 0 Å². The number of hydrogen-bond donors (Lipinski definition) is 2. The SMILES string of the molecule is CNC(=O)c1ccc(OCCNC(=O)c2cc(Cl)cc(Cl)c2)cc1. The van der Waals surface area contributed by atoms with Crippen LogP contribution in [-0.2, 0) is 0 Å². The number of halogens is 2. The van der Waals surface area contributed by atoms with E-state index in [2.05, 4.69) is 10.6 Å². The molecule has 0 aliphatic carbocycles. The number of nitrogens with one attached hydrogen (secondary N) is 2. The molecular weight excluding hydrogens is 351 g/mol. The van der Waals surface area contributed by atoms with Crippen molar-refractivity contribution in [3.63, 3.8) is 0 Å². The zero-order chi connectivity index (χ0) is 17.5. The first-order valence-electron chi connectivity index (χ1n) is 7.19. The molecule has 24 heavy (non-hydrogen) atoms.